The highest BCUT2D eigenvalue weighted by Crippen LogP contribution is 2.31. The first-order valence-corrected chi connectivity index (χ1v) is 8.14. The molecule has 0 spiro atoms. The van der Waals surface area contributed by atoms with Crippen LogP contribution in [0.25, 0.3) is 0 Å². The largest absolute Gasteiger partial charge is 0.496 e. The molecule has 0 fully saturated rings. The Labute approximate surface area is 147 Å². The Bertz CT molecular complexity index is 702. The van der Waals surface area contributed by atoms with Crippen molar-refractivity contribution in [2.24, 2.45) is 0 Å². The second kappa shape index (κ2) is 9.03. The number of aryl methyl sites for hydroxylation is 2. The number of hydrogen-bond acceptors (Lipinski definition) is 5. The lowest BCUT2D eigenvalue weighted by molar-refractivity contribution is -0.569. The lowest BCUT2D eigenvalue weighted by Crippen LogP contribution is -2.21. The van der Waals surface area contributed by atoms with Crippen LogP contribution < -0.4 is 9.47 Å². The molecule has 0 radical (unpaired) electrons. The average Bonchev–Trinajstić information content (AvgIpc) is 2.63. The van der Waals surface area contributed by atoms with Crippen molar-refractivity contribution in [3.05, 3.63) is 69.3 Å². The van der Waals surface area contributed by atoms with Crippen LogP contribution >= 0.6 is 0 Å². The SMILES string of the molecule is COc1cc(CC(O)[N+](=O)[O-])c(OC)cc1CCCc1ccccc1. The third kappa shape index (κ3) is 5.19. The third-order valence-electron chi connectivity index (χ3n) is 4.08. The molecule has 0 heterocycles. The lowest BCUT2D eigenvalue weighted by atomic mass is 10.00. The Morgan fingerprint density at radius 2 is 1.64 bits per heavy atom. The number of nitro groups is 1. The highest BCUT2D eigenvalue weighted by Gasteiger charge is 2.20. The minimum Gasteiger partial charge on any atom is -0.496 e. The summed E-state index contributed by atoms with van der Waals surface area (Å²) in [7, 11) is 3.08. The smallest absolute Gasteiger partial charge is 0.317 e. The van der Waals surface area contributed by atoms with Gasteiger partial charge in [-0.25, -0.2) is 0 Å². The van der Waals surface area contributed by atoms with Gasteiger partial charge >= 0.3 is 6.23 Å². The highest BCUT2D eigenvalue weighted by molar-refractivity contribution is 5.47. The number of aliphatic hydroxyl groups excluding tert-OH is 1. The predicted molar refractivity (Wildman–Crippen MR) is 94.7 cm³/mol. The molecule has 25 heavy (non-hydrogen) atoms. The summed E-state index contributed by atoms with van der Waals surface area (Å²) in [4.78, 5) is 9.96. The zero-order valence-electron chi connectivity index (χ0n) is 14.5. The number of rotatable bonds is 9. The van der Waals surface area contributed by atoms with Gasteiger partial charge in [0.25, 0.3) is 0 Å². The van der Waals surface area contributed by atoms with Crippen LogP contribution in [0.4, 0.5) is 0 Å². The summed E-state index contributed by atoms with van der Waals surface area (Å²) in [6, 6.07) is 13.8. The van der Waals surface area contributed by atoms with Crippen LogP contribution in [0.15, 0.2) is 42.5 Å². The summed E-state index contributed by atoms with van der Waals surface area (Å²) in [5, 5.41) is 20.2. The summed E-state index contributed by atoms with van der Waals surface area (Å²) in [5.74, 6) is 1.18. The van der Waals surface area contributed by atoms with Gasteiger partial charge < -0.3 is 14.6 Å². The van der Waals surface area contributed by atoms with Crippen molar-refractivity contribution in [3.8, 4) is 11.5 Å². The normalized spacial score (nSPS) is 11.8. The van der Waals surface area contributed by atoms with Gasteiger partial charge in [0.05, 0.1) is 25.6 Å². The van der Waals surface area contributed by atoms with Crippen LogP contribution in [0.2, 0.25) is 0 Å². The third-order valence-corrected chi connectivity index (χ3v) is 4.08. The summed E-state index contributed by atoms with van der Waals surface area (Å²) in [6.07, 6.45) is 0.903. The van der Waals surface area contributed by atoms with E-state index in [9.17, 15) is 15.2 Å². The highest BCUT2D eigenvalue weighted by atomic mass is 16.7. The van der Waals surface area contributed by atoms with Gasteiger partial charge in [-0.2, -0.15) is 0 Å². The van der Waals surface area contributed by atoms with Crippen molar-refractivity contribution < 1.29 is 19.5 Å². The van der Waals surface area contributed by atoms with Crippen LogP contribution in [-0.2, 0) is 19.3 Å². The molecule has 6 heteroatoms. The number of hydrogen-bond donors (Lipinski definition) is 1. The molecule has 6 nitrogen and oxygen atoms in total. The van der Waals surface area contributed by atoms with Crippen LogP contribution in [0, 0.1) is 10.1 Å². The van der Waals surface area contributed by atoms with Crippen LogP contribution in [0.3, 0.4) is 0 Å². The molecular weight excluding hydrogens is 322 g/mol. The average molecular weight is 345 g/mol. The molecule has 0 aliphatic heterocycles. The quantitative estimate of drug-likeness (QED) is 0.429. The van der Waals surface area contributed by atoms with E-state index >= 15 is 0 Å². The van der Waals surface area contributed by atoms with Gasteiger partial charge in [-0.3, -0.25) is 10.1 Å². The number of aliphatic hydroxyl groups is 1. The van der Waals surface area contributed by atoms with Gasteiger partial charge in [0.15, 0.2) is 0 Å². The van der Waals surface area contributed by atoms with E-state index in [1.165, 1.54) is 12.7 Å². The molecule has 0 saturated carbocycles. The van der Waals surface area contributed by atoms with Crippen LogP contribution in [-0.4, -0.2) is 30.5 Å². The van der Waals surface area contributed by atoms with Gasteiger partial charge in [0.2, 0.25) is 0 Å². The standard InChI is InChI=1S/C19H23NO5/c1-24-17-12-16(13-19(21)20(22)23)18(25-2)11-15(17)10-6-9-14-7-4-3-5-8-14/h3-5,7-8,11-12,19,21H,6,9-10,13H2,1-2H3. The minimum absolute atomic E-state index is 0.128. The van der Waals surface area contributed by atoms with Crippen molar-refractivity contribution in [1.29, 1.82) is 0 Å². The number of nitrogens with zero attached hydrogens (tertiary/aromatic N) is 1. The molecule has 0 aliphatic carbocycles. The molecule has 0 aliphatic rings. The van der Waals surface area contributed by atoms with Gasteiger partial charge in [-0.15, -0.1) is 0 Å². The molecule has 2 rings (SSSR count). The monoisotopic (exact) mass is 345 g/mol. The molecule has 0 amide bonds. The Morgan fingerprint density at radius 3 is 2.24 bits per heavy atom. The molecule has 2 aromatic carbocycles. The fourth-order valence-corrected chi connectivity index (χ4v) is 2.78. The van der Waals surface area contributed by atoms with E-state index in [2.05, 4.69) is 12.1 Å². The fourth-order valence-electron chi connectivity index (χ4n) is 2.78. The Kier molecular flexibility index (Phi) is 6.77. The van der Waals surface area contributed by atoms with E-state index < -0.39 is 11.2 Å². The molecule has 0 aromatic heterocycles. The molecule has 134 valence electrons. The van der Waals surface area contributed by atoms with Crippen LogP contribution in [0.1, 0.15) is 23.1 Å². The van der Waals surface area contributed by atoms with Crippen molar-refractivity contribution in [3.63, 3.8) is 0 Å². The van der Waals surface area contributed by atoms with E-state index in [-0.39, 0.29) is 6.42 Å². The molecule has 0 bridgehead atoms. The van der Waals surface area contributed by atoms with Crippen LogP contribution in [0.5, 0.6) is 11.5 Å². The molecular formula is C19H23NO5. The van der Waals surface area contributed by atoms with E-state index in [1.54, 1.807) is 13.2 Å². The fraction of sp³-hybridized carbons (Fsp3) is 0.368. The van der Waals surface area contributed by atoms with E-state index in [0.717, 1.165) is 24.8 Å². The van der Waals surface area contributed by atoms with Crippen molar-refractivity contribution in [2.75, 3.05) is 14.2 Å². The molecule has 2 aromatic rings. The van der Waals surface area contributed by atoms with E-state index in [4.69, 9.17) is 9.47 Å². The second-order valence-corrected chi connectivity index (χ2v) is 5.79. The maximum atomic E-state index is 10.7. The minimum atomic E-state index is -1.66. The van der Waals surface area contributed by atoms with E-state index in [0.29, 0.717) is 17.1 Å². The molecule has 1 unspecified atom stereocenters. The van der Waals surface area contributed by atoms with Gasteiger partial charge in [0, 0.05) is 5.56 Å². The zero-order chi connectivity index (χ0) is 18.2. The Balaban J connectivity index is 2.13. The molecule has 0 saturated heterocycles. The summed E-state index contributed by atoms with van der Waals surface area (Å²) < 4.78 is 10.8. The topological polar surface area (TPSA) is 81.8 Å². The van der Waals surface area contributed by atoms with Crippen molar-refractivity contribution >= 4 is 0 Å². The number of ether oxygens (including phenoxy) is 2. The summed E-state index contributed by atoms with van der Waals surface area (Å²) >= 11 is 0. The second-order valence-electron chi connectivity index (χ2n) is 5.79. The molecule has 1 atom stereocenters. The maximum Gasteiger partial charge on any atom is 0.317 e. The van der Waals surface area contributed by atoms with Gasteiger partial charge in [-0.05, 0) is 42.5 Å². The zero-order valence-corrected chi connectivity index (χ0v) is 14.5. The van der Waals surface area contributed by atoms with Gasteiger partial charge in [-0.1, -0.05) is 30.3 Å². The van der Waals surface area contributed by atoms with Crippen molar-refractivity contribution in [2.45, 2.75) is 31.9 Å². The number of methoxy groups -OCH3 is 2. The van der Waals surface area contributed by atoms with Crippen molar-refractivity contribution in [1.82, 2.24) is 0 Å². The van der Waals surface area contributed by atoms with E-state index in [1.807, 2.05) is 24.3 Å². The summed E-state index contributed by atoms with van der Waals surface area (Å²) in [5.41, 5.74) is 2.81. The lowest BCUT2D eigenvalue weighted by Gasteiger charge is -2.15. The summed E-state index contributed by atoms with van der Waals surface area (Å²) in [6.45, 7) is 0. The Morgan fingerprint density at radius 1 is 1.04 bits per heavy atom. The maximum absolute atomic E-state index is 10.7. The van der Waals surface area contributed by atoms with Gasteiger partial charge in [0.1, 0.15) is 11.5 Å². The molecule has 1 N–H and O–H groups in total. The first-order valence-electron chi connectivity index (χ1n) is 8.14. The predicted octanol–water partition coefficient (Wildman–Crippen LogP) is 3.02. The first-order chi connectivity index (χ1) is 12.0. The number of benzene rings is 2. The first kappa shape index (κ1) is 18.7. The Hall–Kier alpha value is -2.60.